The number of phenols is 1. The highest BCUT2D eigenvalue weighted by atomic mass is 16.5. The van der Waals surface area contributed by atoms with Crippen molar-refractivity contribution in [1.82, 2.24) is 0 Å². The van der Waals surface area contributed by atoms with E-state index in [9.17, 15) is 5.11 Å². The molecular formula is C13H16O2. The second-order valence-electron chi connectivity index (χ2n) is 4.21. The Bertz CT molecular complexity index is 444. The summed E-state index contributed by atoms with van der Waals surface area (Å²) in [7, 11) is 0. The summed E-state index contributed by atoms with van der Waals surface area (Å²) in [5.74, 6) is 1.21. The van der Waals surface area contributed by atoms with Gasteiger partial charge in [0.05, 0.1) is 0 Å². The van der Waals surface area contributed by atoms with Crippen molar-refractivity contribution in [2.24, 2.45) is 0 Å². The van der Waals surface area contributed by atoms with Crippen molar-refractivity contribution in [1.29, 1.82) is 0 Å². The van der Waals surface area contributed by atoms with E-state index in [0.29, 0.717) is 5.75 Å². The number of phenolic OH excluding ortho intramolecular Hbond substituents is 1. The topological polar surface area (TPSA) is 29.5 Å². The number of hydrogen-bond acceptors (Lipinski definition) is 2. The van der Waals surface area contributed by atoms with Crippen LogP contribution >= 0.6 is 0 Å². The van der Waals surface area contributed by atoms with E-state index >= 15 is 0 Å². The van der Waals surface area contributed by atoms with Gasteiger partial charge >= 0.3 is 0 Å². The van der Waals surface area contributed by atoms with Crippen LogP contribution in [0.3, 0.4) is 0 Å². The molecular weight excluding hydrogens is 188 g/mol. The number of aromatic hydroxyl groups is 1. The molecule has 0 aliphatic carbocycles. The van der Waals surface area contributed by atoms with Crippen LogP contribution in [0.15, 0.2) is 17.7 Å². The number of fused-ring (bicyclic) bond motifs is 1. The third-order valence-corrected chi connectivity index (χ3v) is 3.16. The van der Waals surface area contributed by atoms with E-state index in [1.165, 1.54) is 11.1 Å². The number of allylic oxidation sites excluding steroid dienone is 1. The zero-order valence-electron chi connectivity index (χ0n) is 9.59. The Morgan fingerprint density at radius 3 is 2.53 bits per heavy atom. The summed E-state index contributed by atoms with van der Waals surface area (Å²) in [6.07, 6.45) is 0.126. The Labute approximate surface area is 90.2 Å². The molecule has 1 aromatic rings. The van der Waals surface area contributed by atoms with Gasteiger partial charge < -0.3 is 9.84 Å². The molecule has 2 heteroatoms. The van der Waals surface area contributed by atoms with E-state index in [0.717, 1.165) is 16.9 Å². The van der Waals surface area contributed by atoms with Gasteiger partial charge in [-0.05, 0) is 56.5 Å². The van der Waals surface area contributed by atoms with Gasteiger partial charge in [-0.2, -0.15) is 0 Å². The van der Waals surface area contributed by atoms with Gasteiger partial charge in [0, 0.05) is 5.56 Å². The lowest BCUT2D eigenvalue weighted by molar-refractivity contribution is 0.250. The fraction of sp³-hybridized carbons (Fsp3) is 0.385. The Balaban J connectivity index is 2.69. The van der Waals surface area contributed by atoms with Crippen LogP contribution in [0.4, 0.5) is 0 Å². The van der Waals surface area contributed by atoms with Crippen molar-refractivity contribution in [3.8, 4) is 11.5 Å². The van der Waals surface area contributed by atoms with E-state index in [1.54, 1.807) is 12.1 Å². The van der Waals surface area contributed by atoms with E-state index < -0.39 is 0 Å². The van der Waals surface area contributed by atoms with Gasteiger partial charge in [-0.25, -0.2) is 0 Å². The summed E-state index contributed by atoms with van der Waals surface area (Å²) in [5.41, 5.74) is 4.45. The van der Waals surface area contributed by atoms with Crippen LogP contribution in [-0.4, -0.2) is 11.2 Å². The molecule has 0 radical (unpaired) electrons. The third-order valence-electron chi connectivity index (χ3n) is 3.16. The average molecular weight is 204 g/mol. The molecule has 0 saturated carbocycles. The van der Waals surface area contributed by atoms with Gasteiger partial charge in [0.15, 0.2) is 0 Å². The van der Waals surface area contributed by atoms with Crippen molar-refractivity contribution in [3.05, 3.63) is 28.8 Å². The molecule has 0 amide bonds. The maximum absolute atomic E-state index is 9.56. The first-order chi connectivity index (χ1) is 7.00. The molecule has 80 valence electrons. The van der Waals surface area contributed by atoms with Gasteiger partial charge in [0.25, 0.3) is 0 Å². The molecule has 0 saturated heterocycles. The lowest BCUT2D eigenvalue weighted by Crippen LogP contribution is -2.19. The summed E-state index contributed by atoms with van der Waals surface area (Å²) in [5, 5.41) is 9.56. The summed E-state index contributed by atoms with van der Waals surface area (Å²) in [6, 6.07) is 3.51. The molecule has 2 nitrogen and oxygen atoms in total. The predicted octanol–water partition coefficient (Wildman–Crippen LogP) is 3.27. The lowest BCUT2D eigenvalue weighted by Gasteiger charge is -2.27. The van der Waals surface area contributed by atoms with Gasteiger partial charge in [0.1, 0.15) is 17.6 Å². The molecule has 1 heterocycles. The number of rotatable bonds is 0. The smallest absolute Gasteiger partial charge is 0.130 e. The SMILES string of the molecule is CC1=C(C)C(C)Oc2c(C)cc(O)cc21. The molecule has 0 aromatic heterocycles. The second kappa shape index (κ2) is 3.30. The van der Waals surface area contributed by atoms with Crippen LogP contribution in [0.25, 0.3) is 5.57 Å². The zero-order chi connectivity index (χ0) is 11.2. The fourth-order valence-corrected chi connectivity index (χ4v) is 1.97. The van der Waals surface area contributed by atoms with Gasteiger partial charge in [-0.1, -0.05) is 0 Å². The van der Waals surface area contributed by atoms with Crippen LogP contribution in [0.1, 0.15) is 31.9 Å². The summed E-state index contributed by atoms with van der Waals surface area (Å²) in [4.78, 5) is 0. The quantitative estimate of drug-likeness (QED) is 0.702. The van der Waals surface area contributed by atoms with Crippen molar-refractivity contribution in [2.45, 2.75) is 33.8 Å². The Kier molecular flexibility index (Phi) is 2.22. The molecule has 15 heavy (non-hydrogen) atoms. The number of hydrogen-bond donors (Lipinski definition) is 1. The normalized spacial score (nSPS) is 19.9. The minimum absolute atomic E-state index is 0.126. The fourth-order valence-electron chi connectivity index (χ4n) is 1.97. The molecule has 1 aliphatic heterocycles. The standard InChI is InChI=1S/C13H16O2/c1-7-5-11(14)6-12-9(3)8(2)10(4)15-13(7)12/h5-6,10,14H,1-4H3. The van der Waals surface area contributed by atoms with Crippen molar-refractivity contribution >= 4 is 5.57 Å². The Morgan fingerprint density at radius 1 is 1.20 bits per heavy atom. The van der Waals surface area contributed by atoms with Crippen molar-refractivity contribution < 1.29 is 9.84 Å². The molecule has 1 N–H and O–H groups in total. The van der Waals surface area contributed by atoms with Crippen molar-refractivity contribution in [3.63, 3.8) is 0 Å². The largest absolute Gasteiger partial charge is 0.508 e. The molecule has 2 rings (SSSR count). The first-order valence-electron chi connectivity index (χ1n) is 5.18. The molecule has 1 aliphatic rings. The molecule has 1 unspecified atom stereocenters. The summed E-state index contributed by atoms with van der Waals surface area (Å²) in [6.45, 7) is 8.15. The molecule has 0 spiro atoms. The van der Waals surface area contributed by atoms with E-state index in [-0.39, 0.29) is 6.10 Å². The van der Waals surface area contributed by atoms with Gasteiger partial charge in [-0.3, -0.25) is 0 Å². The first-order valence-corrected chi connectivity index (χ1v) is 5.18. The highest BCUT2D eigenvalue weighted by molar-refractivity contribution is 5.76. The highest BCUT2D eigenvalue weighted by Gasteiger charge is 2.22. The predicted molar refractivity (Wildman–Crippen MR) is 61.2 cm³/mol. The highest BCUT2D eigenvalue weighted by Crippen LogP contribution is 2.39. The second-order valence-corrected chi connectivity index (χ2v) is 4.21. The lowest BCUT2D eigenvalue weighted by atomic mass is 9.94. The molecule has 0 bridgehead atoms. The number of ether oxygens (including phenoxy) is 1. The minimum Gasteiger partial charge on any atom is -0.508 e. The molecule has 1 atom stereocenters. The van der Waals surface area contributed by atoms with Gasteiger partial charge in [-0.15, -0.1) is 0 Å². The third kappa shape index (κ3) is 1.50. The van der Waals surface area contributed by atoms with Crippen LogP contribution in [-0.2, 0) is 0 Å². The van der Waals surface area contributed by atoms with E-state index in [2.05, 4.69) is 13.8 Å². The monoisotopic (exact) mass is 204 g/mol. The van der Waals surface area contributed by atoms with Crippen LogP contribution < -0.4 is 4.74 Å². The van der Waals surface area contributed by atoms with Gasteiger partial charge in [0.2, 0.25) is 0 Å². The summed E-state index contributed by atoms with van der Waals surface area (Å²) < 4.78 is 5.83. The van der Waals surface area contributed by atoms with Crippen LogP contribution in [0, 0.1) is 6.92 Å². The Hall–Kier alpha value is -1.44. The Morgan fingerprint density at radius 2 is 1.87 bits per heavy atom. The van der Waals surface area contributed by atoms with E-state index in [1.807, 2.05) is 13.8 Å². The first kappa shape index (κ1) is 10.1. The van der Waals surface area contributed by atoms with Crippen molar-refractivity contribution in [2.75, 3.05) is 0 Å². The minimum atomic E-state index is 0.126. The number of benzene rings is 1. The van der Waals surface area contributed by atoms with Crippen LogP contribution in [0.2, 0.25) is 0 Å². The average Bonchev–Trinajstić information content (AvgIpc) is 2.17. The van der Waals surface area contributed by atoms with Crippen LogP contribution in [0.5, 0.6) is 11.5 Å². The maximum Gasteiger partial charge on any atom is 0.130 e. The van der Waals surface area contributed by atoms with E-state index in [4.69, 9.17) is 4.74 Å². The number of aryl methyl sites for hydroxylation is 1. The maximum atomic E-state index is 9.56. The summed E-state index contributed by atoms with van der Waals surface area (Å²) >= 11 is 0. The molecule has 1 aromatic carbocycles. The molecule has 0 fully saturated rings. The zero-order valence-corrected chi connectivity index (χ0v) is 9.59.